The van der Waals surface area contributed by atoms with Crippen molar-refractivity contribution in [2.24, 2.45) is 0 Å². The van der Waals surface area contributed by atoms with Crippen LogP contribution in [0.5, 0.6) is 0 Å². The fourth-order valence-electron chi connectivity index (χ4n) is 1.98. The number of carbonyl (C=O) groups is 2. The Balaban J connectivity index is 1.55. The van der Waals surface area contributed by atoms with Gasteiger partial charge in [-0.05, 0) is 6.92 Å². The predicted octanol–water partition coefficient (Wildman–Crippen LogP) is 2.01. The molecule has 2 aromatic heterocycles. The molecule has 0 radical (unpaired) electrons. The van der Waals surface area contributed by atoms with Crippen LogP contribution in [-0.2, 0) is 4.79 Å². The second-order valence-electron chi connectivity index (χ2n) is 5.00. The van der Waals surface area contributed by atoms with Crippen LogP contribution < -0.4 is 10.6 Å². The van der Waals surface area contributed by atoms with Crippen LogP contribution in [0.4, 0.5) is 5.82 Å². The number of hydrogen-bond donors (Lipinski definition) is 2. The lowest BCUT2D eigenvalue weighted by Gasteiger charge is -2.02. The highest BCUT2D eigenvalue weighted by molar-refractivity contribution is 5.98. The zero-order valence-electron chi connectivity index (χ0n) is 12.8. The van der Waals surface area contributed by atoms with E-state index in [2.05, 4.69) is 20.9 Å². The summed E-state index contributed by atoms with van der Waals surface area (Å²) in [5, 5.41) is 12.3. The van der Waals surface area contributed by atoms with E-state index in [1.54, 1.807) is 13.0 Å². The molecule has 122 valence electrons. The number of rotatable bonds is 5. The molecule has 2 N–H and O–H groups in total. The van der Waals surface area contributed by atoms with E-state index >= 15 is 0 Å². The van der Waals surface area contributed by atoms with Crippen molar-refractivity contribution in [1.29, 1.82) is 0 Å². The van der Waals surface area contributed by atoms with Crippen molar-refractivity contribution in [1.82, 2.24) is 15.6 Å². The average molecular weight is 326 g/mol. The summed E-state index contributed by atoms with van der Waals surface area (Å²) in [7, 11) is 0. The molecule has 3 aromatic rings. The molecule has 3 rings (SSSR count). The fraction of sp³-hybridized carbons (Fsp3) is 0.125. The third-order valence-electron chi connectivity index (χ3n) is 3.11. The van der Waals surface area contributed by atoms with E-state index in [1.807, 2.05) is 30.3 Å². The largest absolute Gasteiger partial charge is 0.360 e. The number of nitrogens with zero attached hydrogens (tertiary/aromatic N) is 2. The van der Waals surface area contributed by atoms with Gasteiger partial charge in [0, 0.05) is 17.7 Å². The number of carbonyl (C=O) groups excluding carboxylic acids is 2. The molecule has 24 heavy (non-hydrogen) atoms. The van der Waals surface area contributed by atoms with E-state index in [-0.39, 0.29) is 12.2 Å². The Kier molecular flexibility index (Phi) is 4.37. The van der Waals surface area contributed by atoms with Crippen LogP contribution in [-0.4, -0.2) is 28.7 Å². The van der Waals surface area contributed by atoms with E-state index in [0.29, 0.717) is 17.3 Å². The second-order valence-corrected chi connectivity index (χ2v) is 5.00. The Morgan fingerprint density at radius 3 is 2.58 bits per heavy atom. The van der Waals surface area contributed by atoms with Crippen molar-refractivity contribution in [2.75, 3.05) is 11.9 Å². The highest BCUT2D eigenvalue weighted by Gasteiger charge is 2.15. The number of amides is 2. The molecule has 8 heteroatoms. The summed E-state index contributed by atoms with van der Waals surface area (Å²) in [6, 6.07) is 12.4. The smallest absolute Gasteiger partial charge is 0.273 e. The quantitative estimate of drug-likeness (QED) is 0.742. The summed E-state index contributed by atoms with van der Waals surface area (Å²) in [6.07, 6.45) is 0. The van der Waals surface area contributed by atoms with Gasteiger partial charge in [-0.15, -0.1) is 0 Å². The Morgan fingerprint density at radius 1 is 1.08 bits per heavy atom. The molecule has 0 aliphatic rings. The molecular weight excluding hydrogens is 312 g/mol. The van der Waals surface area contributed by atoms with E-state index in [0.717, 1.165) is 5.56 Å². The van der Waals surface area contributed by atoms with Crippen LogP contribution in [0.2, 0.25) is 0 Å². The van der Waals surface area contributed by atoms with Gasteiger partial charge < -0.3 is 19.7 Å². The topological polar surface area (TPSA) is 110 Å². The number of anilines is 1. The fourth-order valence-corrected chi connectivity index (χ4v) is 1.98. The summed E-state index contributed by atoms with van der Waals surface area (Å²) < 4.78 is 9.97. The maximum Gasteiger partial charge on any atom is 0.273 e. The van der Waals surface area contributed by atoms with Gasteiger partial charge in [-0.2, -0.15) is 0 Å². The van der Waals surface area contributed by atoms with Crippen molar-refractivity contribution in [3.8, 4) is 11.3 Å². The van der Waals surface area contributed by atoms with Crippen molar-refractivity contribution < 1.29 is 18.6 Å². The normalized spacial score (nSPS) is 10.4. The van der Waals surface area contributed by atoms with Crippen LogP contribution in [0, 0.1) is 6.92 Å². The Hall–Kier alpha value is -3.42. The van der Waals surface area contributed by atoms with Crippen molar-refractivity contribution in [3.63, 3.8) is 0 Å². The van der Waals surface area contributed by atoms with Gasteiger partial charge >= 0.3 is 0 Å². The van der Waals surface area contributed by atoms with Gasteiger partial charge in [0.05, 0.1) is 6.54 Å². The summed E-state index contributed by atoms with van der Waals surface area (Å²) in [6.45, 7) is 1.48. The lowest BCUT2D eigenvalue weighted by Crippen LogP contribution is -2.33. The highest BCUT2D eigenvalue weighted by atomic mass is 16.5. The maximum absolute atomic E-state index is 12.0. The number of hydrogen-bond acceptors (Lipinski definition) is 6. The molecule has 2 heterocycles. The summed E-state index contributed by atoms with van der Waals surface area (Å²) in [4.78, 5) is 23.7. The first-order valence-electron chi connectivity index (χ1n) is 7.15. The molecule has 0 atom stereocenters. The van der Waals surface area contributed by atoms with E-state index in [9.17, 15) is 9.59 Å². The van der Waals surface area contributed by atoms with Crippen LogP contribution in [0.1, 0.15) is 16.2 Å². The summed E-state index contributed by atoms with van der Waals surface area (Å²) in [5.74, 6) is 0.407. The summed E-state index contributed by atoms with van der Waals surface area (Å²) in [5.41, 5.74) is 0.905. The number of aromatic nitrogens is 2. The van der Waals surface area contributed by atoms with Gasteiger partial charge in [-0.1, -0.05) is 40.6 Å². The molecule has 0 aliphatic carbocycles. The minimum absolute atomic E-state index is 0.0962. The molecule has 0 unspecified atom stereocenters. The van der Waals surface area contributed by atoms with Crippen molar-refractivity contribution in [3.05, 3.63) is 53.9 Å². The molecule has 0 saturated carbocycles. The first kappa shape index (κ1) is 15.5. The first-order chi connectivity index (χ1) is 11.6. The third-order valence-corrected chi connectivity index (χ3v) is 3.11. The van der Waals surface area contributed by atoms with Crippen molar-refractivity contribution in [2.45, 2.75) is 6.92 Å². The number of nitrogens with one attached hydrogen (secondary N) is 2. The zero-order chi connectivity index (χ0) is 16.9. The second kappa shape index (κ2) is 6.78. The molecule has 8 nitrogen and oxygen atoms in total. The first-order valence-corrected chi connectivity index (χ1v) is 7.15. The Bertz CT molecular complexity index is 854. The van der Waals surface area contributed by atoms with Gasteiger partial charge in [-0.25, -0.2) is 0 Å². The molecule has 2 amide bonds. The molecule has 0 aliphatic heterocycles. The minimum Gasteiger partial charge on any atom is -0.360 e. The van der Waals surface area contributed by atoms with E-state index in [4.69, 9.17) is 9.05 Å². The molecule has 0 bridgehead atoms. The molecule has 1 aromatic carbocycles. The lowest BCUT2D eigenvalue weighted by atomic mass is 10.1. The Morgan fingerprint density at radius 2 is 1.88 bits per heavy atom. The number of aryl methyl sites for hydroxylation is 1. The van der Waals surface area contributed by atoms with Crippen LogP contribution in [0.15, 0.2) is 51.5 Å². The number of benzene rings is 1. The molecular formula is C16H14N4O4. The van der Waals surface area contributed by atoms with Gasteiger partial charge in [-0.3, -0.25) is 9.59 Å². The molecule has 0 spiro atoms. The van der Waals surface area contributed by atoms with Gasteiger partial charge in [0.2, 0.25) is 5.91 Å². The van der Waals surface area contributed by atoms with Gasteiger partial charge in [0.1, 0.15) is 5.76 Å². The average Bonchev–Trinajstić information content (AvgIpc) is 3.23. The standard InChI is InChI=1S/C16H14N4O4/c1-10-7-14(20-23-10)18-15(21)9-17-16(22)12-8-13(24-19-12)11-5-3-2-4-6-11/h2-8H,9H2,1H3,(H,17,22)(H,18,20,21). The monoisotopic (exact) mass is 326 g/mol. The Labute approximate surface area is 136 Å². The highest BCUT2D eigenvalue weighted by Crippen LogP contribution is 2.19. The van der Waals surface area contributed by atoms with E-state index < -0.39 is 11.8 Å². The maximum atomic E-state index is 12.0. The van der Waals surface area contributed by atoms with Gasteiger partial charge in [0.25, 0.3) is 5.91 Å². The van der Waals surface area contributed by atoms with Crippen molar-refractivity contribution >= 4 is 17.6 Å². The van der Waals surface area contributed by atoms with Crippen LogP contribution in [0.3, 0.4) is 0 Å². The lowest BCUT2D eigenvalue weighted by molar-refractivity contribution is -0.115. The third kappa shape index (κ3) is 3.67. The zero-order valence-corrected chi connectivity index (χ0v) is 12.8. The molecule has 0 fully saturated rings. The predicted molar refractivity (Wildman–Crippen MR) is 84.1 cm³/mol. The van der Waals surface area contributed by atoms with Crippen LogP contribution in [0.25, 0.3) is 11.3 Å². The van der Waals surface area contributed by atoms with Crippen LogP contribution >= 0.6 is 0 Å². The van der Waals surface area contributed by atoms with Gasteiger partial charge in [0.15, 0.2) is 17.3 Å². The van der Waals surface area contributed by atoms with E-state index in [1.165, 1.54) is 6.07 Å². The molecule has 0 saturated heterocycles. The summed E-state index contributed by atoms with van der Waals surface area (Å²) >= 11 is 0. The SMILES string of the molecule is Cc1cc(NC(=O)CNC(=O)c2cc(-c3ccccc3)on2)no1. The minimum atomic E-state index is -0.507.